The number of amidine groups is 1. The van der Waals surface area contributed by atoms with E-state index < -0.39 is 11.8 Å². The third-order valence-electron chi connectivity index (χ3n) is 6.22. The van der Waals surface area contributed by atoms with Crippen LogP contribution in [-0.4, -0.2) is 25.0 Å². The average molecular weight is 484 g/mol. The number of hydrogen-bond donors (Lipinski definition) is 1. The Bertz CT molecular complexity index is 1310. The molecule has 6 heteroatoms. The lowest BCUT2D eigenvalue weighted by Gasteiger charge is -2.41. The van der Waals surface area contributed by atoms with Gasteiger partial charge in [0, 0.05) is 41.6 Å². The lowest BCUT2D eigenvalue weighted by molar-refractivity contribution is -0.112. The van der Waals surface area contributed by atoms with E-state index in [0.29, 0.717) is 10.9 Å². The van der Waals surface area contributed by atoms with E-state index in [1.54, 1.807) is 0 Å². The number of rotatable bonds is 6. The summed E-state index contributed by atoms with van der Waals surface area (Å²) in [4.78, 5) is 10.3. The number of aliphatic hydroxyl groups is 1. The van der Waals surface area contributed by atoms with Crippen LogP contribution in [0.4, 0.5) is 11.4 Å². The van der Waals surface area contributed by atoms with E-state index >= 15 is 0 Å². The number of oxime groups is 1. The zero-order valence-electron chi connectivity index (χ0n) is 19.5. The molecule has 1 heterocycles. The van der Waals surface area contributed by atoms with E-state index in [1.165, 1.54) is 0 Å². The molecule has 5 rings (SSSR count). The van der Waals surface area contributed by atoms with Crippen molar-refractivity contribution in [2.45, 2.75) is 11.8 Å². The quantitative estimate of drug-likeness (QED) is 0.355. The topological polar surface area (TPSA) is 48.3 Å². The fraction of sp³-hybridized carbons (Fsp3) is 0.138. The van der Waals surface area contributed by atoms with Crippen molar-refractivity contribution in [1.82, 2.24) is 0 Å². The number of benzene rings is 4. The van der Waals surface area contributed by atoms with E-state index in [9.17, 15) is 5.11 Å². The number of halogens is 1. The number of nitrogens with zero attached hydrogens (tertiary/aromatic N) is 3. The molecule has 0 aliphatic carbocycles. The van der Waals surface area contributed by atoms with E-state index in [0.717, 1.165) is 28.1 Å². The van der Waals surface area contributed by atoms with E-state index in [1.807, 2.05) is 133 Å². The summed E-state index contributed by atoms with van der Waals surface area (Å²) in [5.74, 6) is 0.582. The molecule has 0 saturated heterocycles. The van der Waals surface area contributed by atoms with Crippen LogP contribution in [0.3, 0.4) is 0 Å². The Morgan fingerprint density at radius 1 is 0.829 bits per heavy atom. The van der Waals surface area contributed by atoms with Gasteiger partial charge in [0.25, 0.3) is 5.72 Å². The lowest BCUT2D eigenvalue weighted by atomic mass is 9.89. The van der Waals surface area contributed by atoms with E-state index in [2.05, 4.69) is 5.16 Å². The first-order valence-electron chi connectivity index (χ1n) is 11.4. The zero-order chi connectivity index (χ0) is 24.4. The second-order valence-electron chi connectivity index (χ2n) is 8.63. The molecule has 1 aliphatic heterocycles. The van der Waals surface area contributed by atoms with E-state index in [4.69, 9.17) is 16.4 Å². The van der Waals surface area contributed by atoms with Gasteiger partial charge >= 0.3 is 0 Å². The second-order valence-corrected chi connectivity index (χ2v) is 9.07. The predicted molar refractivity (Wildman–Crippen MR) is 142 cm³/mol. The van der Waals surface area contributed by atoms with Gasteiger partial charge in [0.2, 0.25) is 0 Å². The summed E-state index contributed by atoms with van der Waals surface area (Å²) in [6.45, 7) is 0. The van der Waals surface area contributed by atoms with Crippen molar-refractivity contribution < 1.29 is 9.94 Å². The molecule has 176 valence electrons. The molecule has 0 saturated carbocycles. The Balaban J connectivity index is 1.73. The molecule has 1 N–H and O–H groups in total. The largest absolute Gasteiger partial charge is 0.382 e. The maximum absolute atomic E-state index is 11.9. The van der Waals surface area contributed by atoms with Crippen LogP contribution in [0.25, 0.3) is 0 Å². The molecule has 4 aromatic rings. The van der Waals surface area contributed by atoms with Crippen LogP contribution >= 0.6 is 11.6 Å². The third kappa shape index (κ3) is 4.14. The maximum Gasteiger partial charge on any atom is 0.271 e. The van der Waals surface area contributed by atoms with Gasteiger partial charge in [-0.15, -0.1) is 0 Å². The first-order valence-corrected chi connectivity index (χ1v) is 11.8. The van der Waals surface area contributed by atoms with Gasteiger partial charge in [-0.05, 0) is 54.1 Å². The van der Waals surface area contributed by atoms with Gasteiger partial charge in [-0.1, -0.05) is 77.4 Å². The molecular weight excluding hydrogens is 458 g/mol. The molecule has 0 spiro atoms. The first kappa shape index (κ1) is 23.0. The second kappa shape index (κ2) is 9.45. The fourth-order valence-corrected chi connectivity index (χ4v) is 4.52. The zero-order valence-corrected chi connectivity index (χ0v) is 20.3. The molecule has 35 heavy (non-hydrogen) atoms. The van der Waals surface area contributed by atoms with Crippen LogP contribution < -0.4 is 9.80 Å². The Hall–Kier alpha value is -3.80. The van der Waals surface area contributed by atoms with Gasteiger partial charge in [0.15, 0.2) is 5.84 Å². The number of anilines is 2. The minimum absolute atomic E-state index is 0.582. The molecule has 0 bridgehead atoms. The molecule has 1 aliphatic rings. The van der Waals surface area contributed by atoms with Gasteiger partial charge in [0.05, 0.1) is 0 Å². The average Bonchev–Trinajstić information content (AvgIpc) is 3.31. The Labute approximate surface area is 210 Å². The number of aliphatic hydroxyl groups excluding tert-OH is 1. The highest BCUT2D eigenvalue weighted by Crippen LogP contribution is 2.48. The van der Waals surface area contributed by atoms with E-state index in [-0.39, 0.29) is 0 Å². The van der Waals surface area contributed by atoms with Gasteiger partial charge in [0.1, 0.15) is 6.10 Å². The molecule has 4 aromatic carbocycles. The molecule has 0 radical (unpaired) electrons. The standard InChI is InChI=1S/C29H26ClN3O2/c1-32(2)25-17-19-26(20-18-25)33-28(22-13-15-24(30)16-14-22)31-35-29(33,23-11-7-4-8-12-23)27(34)21-9-5-3-6-10-21/h3-20,27,34H,1-2H3. The predicted octanol–water partition coefficient (Wildman–Crippen LogP) is 6.19. The van der Waals surface area contributed by atoms with Crippen molar-refractivity contribution in [2.75, 3.05) is 23.9 Å². The van der Waals surface area contributed by atoms with Crippen LogP contribution in [0, 0.1) is 0 Å². The molecule has 0 amide bonds. The Morgan fingerprint density at radius 2 is 1.43 bits per heavy atom. The van der Waals surface area contributed by atoms with Crippen molar-refractivity contribution in [3.05, 3.63) is 131 Å². The summed E-state index contributed by atoms with van der Waals surface area (Å²) in [5, 5.41) is 17.1. The third-order valence-corrected chi connectivity index (χ3v) is 6.47. The minimum atomic E-state index is -1.34. The van der Waals surface area contributed by atoms with Crippen molar-refractivity contribution >= 4 is 28.8 Å². The van der Waals surface area contributed by atoms with Crippen LogP contribution in [0.1, 0.15) is 22.8 Å². The Morgan fingerprint density at radius 3 is 2.03 bits per heavy atom. The highest BCUT2D eigenvalue weighted by molar-refractivity contribution is 6.30. The Kier molecular flexibility index (Phi) is 6.20. The SMILES string of the molecule is CN(C)c1ccc(N2C(c3ccc(Cl)cc3)=NOC2(c2ccccc2)C(O)c2ccccc2)cc1. The van der Waals surface area contributed by atoms with Crippen LogP contribution in [0.5, 0.6) is 0 Å². The fourth-order valence-electron chi connectivity index (χ4n) is 4.40. The minimum Gasteiger partial charge on any atom is -0.382 e. The lowest BCUT2D eigenvalue weighted by Crippen LogP contribution is -2.51. The smallest absolute Gasteiger partial charge is 0.271 e. The molecule has 0 aromatic heterocycles. The highest BCUT2D eigenvalue weighted by atomic mass is 35.5. The van der Waals surface area contributed by atoms with Crippen molar-refractivity contribution in [2.24, 2.45) is 5.16 Å². The van der Waals surface area contributed by atoms with Gasteiger partial charge in [-0.2, -0.15) is 0 Å². The number of hydrogen-bond acceptors (Lipinski definition) is 5. The maximum atomic E-state index is 11.9. The highest BCUT2D eigenvalue weighted by Gasteiger charge is 2.55. The van der Waals surface area contributed by atoms with Crippen molar-refractivity contribution in [3.8, 4) is 0 Å². The summed E-state index contributed by atoms with van der Waals surface area (Å²) in [7, 11) is 4.00. The van der Waals surface area contributed by atoms with Crippen molar-refractivity contribution in [3.63, 3.8) is 0 Å². The molecular formula is C29H26ClN3O2. The molecule has 0 fully saturated rings. The summed E-state index contributed by atoms with van der Waals surface area (Å²) in [5.41, 5.74) is 2.88. The van der Waals surface area contributed by atoms with Crippen LogP contribution in [0.2, 0.25) is 5.02 Å². The first-order chi connectivity index (χ1) is 17.0. The normalized spacial score (nSPS) is 18.1. The molecule has 2 atom stereocenters. The summed E-state index contributed by atoms with van der Waals surface area (Å²) in [6.07, 6.45) is -1.05. The van der Waals surface area contributed by atoms with Crippen LogP contribution in [-0.2, 0) is 10.6 Å². The van der Waals surface area contributed by atoms with Gasteiger partial charge in [-0.25, -0.2) is 0 Å². The summed E-state index contributed by atoms with van der Waals surface area (Å²) >= 11 is 6.17. The molecule has 5 nitrogen and oxygen atoms in total. The molecule has 2 unspecified atom stereocenters. The summed E-state index contributed by atoms with van der Waals surface area (Å²) in [6, 6.07) is 34.8. The van der Waals surface area contributed by atoms with Gasteiger partial charge < -0.3 is 14.8 Å². The summed E-state index contributed by atoms with van der Waals surface area (Å²) < 4.78 is 0. The van der Waals surface area contributed by atoms with Gasteiger partial charge in [-0.3, -0.25) is 4.90 Å². The van der Waals surface area contributed by atoms with Crippen molar-refractivity contribution in [1.29, 1.82) is 0 Å². The monoisotopic (exact) mass is 483 g/mol. The van der Waals surface area contributed by atoms with Crippen LogP contribution in [0.15, 0.2) is 114 Å².